The van der Waals surface area contributed by atoms with E-state index >= 15 is 0 Å². The number of pyridine rings is 1. The molecule has 13 heteroatoms. The molecule has 1 aliphatic carbocycles. The van der Waals surface area contributed by atoms with Crippen LogP contribution in [0, 0.1) is 5.92 Å². The average molecular weight is 582 g/mol. The maximum absolute atomic E-state index is 13.6. The SMILES string of the molecule is CCN(CC1CCC1)c1nc2ccccc2cc1CN(Cc1cc(C(F)(F)F)cc(C(F)(F)F)c1)/C(N)=N/N(C)N. The van der Waals surface area contributed by atoms with Crippen molar-refractivity contribution in [1.29, 1.82) is 0 Å². The summed E-state index contributed by atoms with van der Waals surface area (Å²) in [5, 5.41) is 5.74. The number of hydrazine groups is 1. The molecule has 1 fully saturated rings. The molecule has 1 heterocycles. The van der Waals surface area contributed by atoms with Crippen molar-refractivity contribution in [3.8, 4) is 0 Å². The zero-order chi connectivity index (χ0) is 29.9. The molecule has 4 N–H and O–H groups in total. The molecule has 1 aliphatic rings. The van der Waals surface area contributed by atoms with Crippen molar-refractivity contribution in [1.82, 2.24) is 15.0 Å². The van der Waals surface area contributed by atoms with Gasteiger partial charge < -0.3 is 15.5 Å². The molecule has 0 bridgehead atoms. The lowest BCUT2D eigenvalue weighted by Gasteiger charge is -2.34. The molecule has 2 aromatic carbocycles. The van der Waals surface area contributed by atoms with Gasteiger partial charge in [-0.3, -0.25) is 0 Å². The lowest BCUT2D eigenvalue weighted by Crippen LogP contribution is -2.40. The van der Waals surface area contributed by atoms with Crippen LogP contribution in [0.2, 0.25) is 0 Å². The highest BCUT2D eigenvalue weighted by molar-refractivity contribution is 5.82. The molecule has 0 saturated heterocycles. The highest BCUT2D eigenvalue weighted by Crippen LogP contribution is 2.37. The molecule has 0 amide bonds. The topological polar surface area (TPSA) is 87.0 Å². The zero-order valence-electron chi connectivity index (χ0n) is 22.8. The van der Waals surface area contributed by atoms with Crippen LogP contribution < -0.4 is 16.5 Å². The van der Waals surface area contributed by atoms with Gasteiger partial charge in [-0.25, -0.2) is 15.9 Å². The van der Waals surface area contributed by atoms with Gasteiger partial charge in [0.15, 0.2) is 0 Å². The molecular formula is C28H33F6N7. The fourth-order valence-electron chi connectivity index (χ4n) is 4.87. The summed E-state index contributed by atoms with van der Waals surface area (Å²) in [4.78, 5) is 8.46. The Morgan fingerprint density at radius 1 is 0.976 bits per heavy atom. The summed E-state index contributed by atoms with van der Waals surface area (Å²) in [5.41, 5.74) is 4.64. The minimum atomic E-state index is -4.98. The number of hydrogen-bond acceptors (Lipinski definition) is 5. The summed E-state index contributed by atoms with van der Waals surface area (Å²) in [6.45, 7) is 3.07. The van der Waals surface area contributed by atoms with Crippen LogP contribution in [0.3, 0.4) is 0 Å². The predicted molar refractivity (Wildman–Crippen MR) is 146 cm³/mol. The van der Waals surface area contributed by atoms with Crippen LogP contribution in [-0.4, -0.2) is 41.1 Å². The first-order valence-electron chi connectivity index (χ1n) is 13.2. The Balaban J connectivity index is 1.79. The normalized spacial score (nSPS) is 14.7. The van der Waals surface area contributed by atoms with Gasteiger partial charge in [0.25, 0.3) is 0 Å². The molecule has 222 valence electrons. The van der Waals surface area contributed by atoms with Crippen LogP contribution in [0.15, 0.2) is 53.6 Å². The number of nitrogens with two attached hydrogens (primary N) is 2. The first-order chi connectivity index (χ1) is 19.2. The number of halogens is 6. The van der Waals surface area contributed by atoms with Crippen molar-refractivity contribution < 1.29 is 26.3 Å². The Hall–Kier alpha value is -3.74. The molecular weight excluding hydrogens is 548 g/mol. The molecule has 0 radical (unpaired) electrons. The molecule has 1 saturated carbocycles. The van der Waals surface area contributed by atoms with Gasteiger partial charge in [0, 0.05) is 44.2 Å². The smallest absolute Gasteiger partial charge is 0.368 e. The molecule has 0 unspecified atom stereocenters. The van der Waals surface area contributed by atoms with E-state index in [0.29, 0.717) is 36.0 Å². The molecule has 1 aromatic heterocycles. The second-order valence-electron chi connectivity index (χ2n) is 10.3. The summed E-state index contributed by atoms with van der Waals surface area (Å²) in [6.07, 6.45) is -6.55. The largest absolute Gasteiger partial charge is 0.416 e. The van der Waals surface area contributed by atoms with E-state index in [0.717, 1.165) is 35.4 Å². The van der Waals surface area contributed by atoms with Crippen molar-refractivity contribution in [2.45, 2.75) is 51.6 Å². The average Bonchev–Trinajstić information content (AvgIpc) is 2.86. The second-order valence-corrected chi connectivity index (χ2v) is 10.3. The van der Waals surface area contributed by atoms with Gasteiger partial charge in [-0.2, -0.15) is 26.3 Å². The van der Waals surface area contributed by atoms with E-state index in [1.54, 1.807) is 0 Å². The number of para-hydroxylation sites is 1. The summed E-state index contributed by atoms with van der Waals surface area (Å²) in [5.74, 6) is 6.67. The third-order valence-electron chi connectivity index (χ3n) is 7.13. The minimum absolute atomic E-state index is 0.00903. The predicted octanol–water partition coefficient (Wildman–Crippen LogP) is 5.94. The first-order valence-corrected chi connectivity index (χ1v) is 13.2. The van der Waals surface area contributed by atoms with E-state index < -0.39 is 30.0 Å². The molecule has 0 spiro atoms. The van der Waals surface area contributed by atoms with Crippen molar-refractivity contribution in [2.24, 2.45) is 22.6 Å². The number of benzene rings is 2. The van der Waals surface area contributed by atoms with E-state index in [2.05, 4.69) is 10.0 Å². The van der Waals surface area contributed by atoms with Crippen LogP contribution in [0.1, 0.15) is 48.4 Å². The quantitative estimate of drug-likeness (QED) is 0.107. The maximum atomic E-state index is 13.6. The third kappa shape index (κ3) is 7.51. The van der Waals surface area contributed by atoms with E-state index in [1.165, 1.54) is 18.4 Å². The van der Waals surface area contributed by atoms with Crippen LogP contribution >= 0.6 is 0 Å². The third-order valence-corrected chi connectivity index (χ3v) is 7.13. The lowest BCUT2D eigenvalue weighted by atomic mass is 9.85. The first kappa shape index (κ1) is 30.2. The molecule has 0 atom stereocenters. The van der Waals surface area contributed by atoms with Gasteiger partial charge in [-0.1, -0.05) is 24.6 Å². The van der Waals surface area contributed by atoms with Crippen molar-refractivity contribution in [3.63, 3.8) is 0 Å². The summed E-state index contributed by atoms with van der Waals surface area (Å²) < 4.78 is 81.3. The summed E-state index contributed by atoms with van der Waals surface area (Å²) >= 11 is 0. The Labute approximate surface area is 234 Å². The van der Waals surface area contributed by atoms with E-state index in [-0.39, 0.29) is 24.1 Å². The lowest BCUT2D eigenvalue weighted by molar-refractivity contribution is -0.143. The minimum Gasteiger partial charge on any atom is -0.368 e. The fraction of sp³-hybridized carbons (Fsp3) is 0.429. The van der Waals surface area contributed by atoms with Crippen LogP contribution in [0.4, 0.5) is 32.2 Å². The second kappa shape index (κ2) is 12.0. The number of hydrogen-bond donors (Lipinski definition) is 2. The van der Waals surface area contributed by atoms with E-state index in [9.17, 15) is 26.3 Å². The Bertz CT molecular complexity index is 1350. The van der Waals surface area contributed by atoms with E-state index in [1.807, 2.05) is 37.3 Å². The number of alkyl halides is 6. The van der Waals surface area contributed by atoms with Crippen LogP contribution in [0.5, 0.6) is 0 Å². The molecule has 3 aromatic rings. The maximum Gasteiger partial charge on any atom is 0.416 e. The Morgan fingerprint density at radius 2 is 1.61 bits per heavy atom. The zero-order valence-corrected chi connectivity index (χ0v) is 22.8. The van der Waals surface area contributed by atoms with Gasteiger partial charge in [-0.15, -0.1) is 5.10 Å². The number of aromatic nitrogens is 1. The number of rotatable bonds is 9. The van der Waals surface area contributed by atoms with Crippen molar-refractivity contribution in [2.75, 3.05) is 25.0 Å². The van der Waals surface area contributed by atoms with Gasteiger partial charge in [0.2, 0.25) is 5.96 Å². The van der Waals surface area contributed by atoms with Crippen LogP contribution in [-0.2, 0) is 25.4 Å². The fourth-order valence-corrected chi connectivity index (χ4v) is 4.87. The highest BCUT2D eigenvalue weighted by Gasteiger charge is 2.37. The summed E-state index contributed by atoms with van der Waals surface area (Å²) in [7, 11) is 1.40. The highest BCUT2D eigenvalue weighted by atomic mass is 19.4. The van der Waals surface area contributed by atoms with Gasteiger partial charge in [0.1, 0.15) is 5.82 Å². The monoisotopic (exact) mass is 581 g/mol. The van der Waals surface area contributed by atoms with Gasteiger partial charge in [-0.05, 0) is 61.6 Å². The molecule has 41 heavy (non-hydrogen) atoms. The molecule has 0 aliphatic heterocycles. The standard InChI is InChI=1S/C28H33F6N7/c1-3-40(15-18-7-6-8-18)25-21(13-20-9-4-5-10-24(20)37-25)17-41(26(35)38-39(2)36)16-19-11-22(27(29,30)31)14-23(12-19)28(32,33)34/h4-5,9-14,18H,3,6-8,15-17,36H2,1-2H3,(H2,35,38). The van der Waals surface area contributed by atoms with Crippen LogP contribution in [0.25, 0.3) is 10.9 Å². The number of fused-ring (bicyclic) bond motifs is 1. The van der Waals surface area contributed by atoms with Crippen molar-refractivity contribution >= 4 is 22.7 Å². The number of hydrazone groups is 1. The number of nitrogens with zero attached hydrogens (tertiary/aromatic N) is 5. The van der Waals surface area contributed by atoms with Gasteiger partial charge in [0.05, 0.1) is 16.6 Å². The summed E-state index contributed by atoms with van der Waals surface area (Å²) in [6, 6.07) is 10.9. The Morgan fingerprint density at radius 3 is 2.15 bits per heavy atom. The number of anilines is 1. The van der Waals surface area contributed by atoms with Crippen molar-refractivity contribution in [3.05, 3.63) is 70.8 Å². The van der Waals surface area contributed by atoms with Gasteiger partial charge >= 0.3 is 12.4 Å². The Kier molecular flexibility index (Phi) is 8.86. The molecule has 4 rings (SSSR count). The van der Waals surface area contributed by atoms with E-state index in [4.69, 9.17) is 16.6 Å². The molecule has 7 nitrogen and oxygen atoms in total. The number of guanidine groups is 1.